The summed E-state index contributed by atoms with van der Waals surface area (Å²) < 4.78 is 0.644. The SMILES string of the molecule is Cc1c([N+](=O)[O-])cnc(NCCN(C)C)c1Br. The average Bonchev–Trinajstić information content (AvgIpc) is 2.23. The Balaban J connectivity index is 2.82. The summed E-state index contributed by atoms with van der Waals surface area (Å²) in [7, 11) is 3.95. The molecule has 0 saturated heterocycles. The van der Waals surface area contributed by atoms with Gasteiger partial charge in [-0.3, -0.25) is 10.1 Å². The van der Waals surface area contributed by atoms with E-state index in [1.165, 1.54) is 6.20 Å². The van der Waals surface area contributed by atoms with Gasteiger partial charge in [0, 0.05) is 18.7 Å². The second-order valence-electron chi connectivity index (χ2n) is 3.92. The van der Waals surface area contributed by atoms with E-state index in [0.717, 1.165) is 13.1 Å². The number of nitro groups is 1. The van der Waals surface area contributed by atoms with Gasteiger partial charge >= 0.3 is 0 Å². The molecule has 1 N–H and O–H groups in total. The van der Waals surface area contributed by atoms with Gasteiger partial charge in [-0.25, -0.2) is 4.98 Å². The lowest BCUT2D eigenvalue weighted by Crippen LogP contribution is -2.21. The third-order valence-corrected chi connectivity index (χ3v) is 3.26. The van der Waals surface area contributed by atoms with Gasteiger partial charge in [0.2, 0.25) is 0 Å². The van der Waals surface area contributed by atoms with Crippen LogP contribution in [0.2, 0.25) is 0 Å². The largest absolute Gasteiger partial charge is 0.368 e. The van der Waals surface area contributed by atoms with E-state index in [4.69, 9.17) is 0 Å². The van der Waals surface area contributed by atoms with Crippen LogP contribution in [0.1, 0.15) is 5.56 Å². The van der Waals surface area contributed by atoms with Crippen LogP contribution in [-0.2, 0) is 0 Å². The minimum atomic E-state index is -0.434. The van der Waals surface area contributed by atoms with Crippen molar-refractivity contribution in [2.24, 2.45) is 0 Å². The Kier molecular flexibility index (Phi) is 4.83. The van der Waals surface area contributed by atoms with Gasteiger partial charge in [0.15, 0.2) is 0 Å². The summed E-state index contributed by atoms with van der Waals surface area (Å²) in [6.45, 7) is 3.29. The van der Waals surface area contributed by atoms with Crippen molar-refractivity contribution in [1.82, 2.24) is 9.88 Å². The monoisotopic (exact) mass is 302 g/mol. The number of halogens is 1. The molecule has 1 heterocycles. The van der Waals surface area contributed by atoms with Crippen LogP contribution in [0.5, 0.6) is 0 Å². The lowest BCUT2D eigenvalue weighted by atomic mass is 10.2. The Labute approximate surface area is 108 Å². The predicted molar refractivity (Wildman–Crippen MR) is 70.4 cm³/mol. The fraction of sp³-hybridized carbons (Fsp3) is 0.500. The zero-order chi connectivity index (χ0) is 13.0. The number of anilines is 1. The van der Waals surface area contributed by atoms with E-state index in [-0.39, 0.29) is 5.69 Å². The highest BCUT2D eigenvalue weighted by atomic mass is 79.9. The molecule has 94 valence electrons. The molecule has 1 aromatic rings. The molecule has 0 aliphatic carbocycles. The van der Waals surface area contributed by atoms with Gasteiger partial charge in [-0.2, -0.15) is 0 Å². The maximum absolute atomic E-state index is 10.7. The minimum absolute atomic E-state index is 0.0232. The van der Waals surface area contributed by atoms with Gasteiger partial charge in [-0.1, -0.05) is 0 Å². The Hall–Kier alpha value is -1.21. The number of rotatable bonds is 5. The molecule has 6 nitrogen and oxygen atoms in total. The Morgan fingerprint density at radius 1 is 1.59 bits per heavy atom. The number of nitrogens with one attached hydrogen (secondary N) is 1. The van der Waals surface area contributed by atoms with Crippen molar-refractivity contribution < 1.29 is 4.92 Å². The van der Waals surface area contributed by atoms with Gasteiger partial charge in [0.25, 0.3) is 5.69 Å². The second kappa shape index (κ2) is 5.92. The standard InChI is InChI=1S/C10H15BrN4O2/c1-7-8(15(16)17)6-13-10(9(7)11)12-4-5-14(2)3/h6H,4-5H2,1-3H3,(H,12,13). The van der Waals surface area contributed by atoms with E-state index in [1.54, 1.807) is 6.92 Å². The third-order valence-electron chi connectivity index (χ3n) is 2.29. The molecule has 17 heavy (non-hydrogen) atoms. The van der Waals surface area contributed by atoms with Gasteiger partial charge in [-0.05, 0) is 36.9 Å². The van der Waals surface area contributed by atoms with Crippen LogP contribution in [0.15, 0.2) is 10.7 Å². The van der Waals surface area contributed by atoms with Crippen molar-refractivity contribution in [3.8, 4) is 0 Å². The smallest absolute Gasteiger partial charge is 0.291 e. The van der Waals surface area contributed by atoms with Crippen LogP contribution in [0.3, 0.4) is 0 Å². The molecule has 0 unspecified atom stereocenters. The normalized spacial score (nSPS) is 10.6. The molecule has 0 aliphatic heterocycles. The van der Waals surface area contributed by atoms with Crippen LogP contribution >= 0.6 is 15.9 Å². The summed E-state index contributed by atoms with van der Waals surface area (Å²) in [6, 6.07) is 0. The van der Waals surface area contributed by atoms with Crippen LogP contribution in [0.4, 0.5) is 11.5 Å². The summed E-state index contributed by atoms with van der Waals surface area (Å²) in [4.78, 5) is 16.4. The van der Waals surface area contributed by atoms with Crippen molar-refractivity contribution in [3.05, 3.63) is 26.3 Å². The van der Waals surface area contributed by atoms with Gasteiger partial charge < -0.3 is 10.2 Å². The first kappa shape index (κ1) is 13.9. The fourth-order valence-electron chi connectivity index (χ4n) is 1.27. The minimum Gasteiger partial charge on any atom is -0.368 e. The molecule has 0 bridgehead atoms. The lowest BCUT2D eigenvalue weighted by molar-refractivity contribution is -0.385. The predicted octanol–water partition coefficient (Wildman–Crippen LogP) is 2.03. The molecule has 0 spiro atoms. The highest BCUT2D eigenvalue weighted by Crippen LogP contribution is 2.30. The second-order valence-corrected chi connectivity index (χ2v) is 4.71. The summed E-state index contributed by atoms with van der Waals surface area (Å²) in [6.07, 6.45) is 1.28. The number of hydrogen-bond donors (Lipinski definition) is 1. The number of hydrogen-bond acceptors (Lipinski definition) is 5. The van der Waals surface area contributed by atoms with Crippen molar-refractivity contribution in [2.75, 3.05) is 32.5 Å². The Morgan fingerprint density at radius 2 is 2.24 bits per heavy atom. The maximum atomic E-state index is 10.7. The maximum Gasteiger partial charge on any atom is 0.291 e. The molecule has 0 atom stereocenters. The fourth-order valence-corrected chi connectivity index (χ4v) is 1.72. The van der Waals surface area contributed by atoms with Crippen LogP contribution in [-0.4, -0.2) is 42.0 Å². The van der Waals surface area contributed by atoms with Crippen molar-refractivity contribution in [1.29, 1.82) is 0 Å². The molecule has 0 aliphatic rings. The Bertz CT molecular complexity index is 423. The first-order chi connectivity index (χ1) is 7.93. The van der Waals surface area contributed by atoms with Crippen LogP contribution in [0.25, 0.3) is 0 Å². The van der Waals surface area contributed by atoms with Crippen LogP contribution in [0, 0.1) is 17.0 Å². The number of nitrogens with zero attached hydrogens (tertiary/aromatic N) is 3. The third kappa shape index (κ3) is 3.64. The molecule has 0 aromatic carbocycles. The van der Waals surface area contributed by atoms with E-state index in [2.05, 4.69) is 26.2 Å². The summed E-state index contributed by atoms with van der Waals surface area (Å²) in [5.41, 5.74) is 0.604. The number of pyridine rings is 1. The quantitative estimate of drug-likeness (QED) is 0.665. The molecule has 7 heteroatoms. The lowest BCUT2D eigenvalue weighted by Gasteiger charge is -2.12. The van der Waals surface area contributed by atoms with Crippen molar-refractivity contribution in [2.45, 2.75) is 6.92 Å². The molecule has 1 aromatic heterocycles. The highest BCUT2D eigenvalue weighted by Gasteiger charge is 2.16. The average molecular weight is 303 g/mol. The van der Waals surface area contributed by atoms with E-state index in [9.17, 15) is 10.1 Å². The van der Waals surface area contributed by atoms with Gasteiger partial charge in [-0.15, -0.1) is 0 Å². The van der Waals surface area contributed by atoms with E-state index in [1.807, 2.05) is 19.0 Å². The van der Waals surface area contributed by atoms with Gasteiger partial charge in [0.1, 0.15) is 12.0 Å². The van der Waals surface area contributed by atoms with E-state index >= 15 is 0 Å². The van der Waals surface area contributed by atoms with Crippen LogP contribution < -0.4 is 5.32 Å². The summed E-state index contributed by atoms with van der Waals surface area (Å²) in [5.74, 6) is 0.634. The zero-order valence-corrected chi connectivity index (χ0v) is 11.6. The number of aromatic nitrogens is 1. The van der Waals surface area contributed by atoms with E-state index < -0.39 is 4.92 Å². The Morgan fingerprint density at radius 3 is 2.76 bits per heavy atom. The zero-order valence-electron chi connectivity index (χ0n) is 10.0. The molecule has 1 rings (SSSR count). The highest BCUT2D eigenvalue weighted by molar-refractivity contribution is 9.10. The van der Waals surface area contributed by atoms with Crippen molar-refractivity contribution >= 4 is 27.4 Å². The first-order valence-electron chi connectivity index (χ1n) is 5.11. The molecule has 0 saturated carbocycles. The number of likely N-dealkylation sites (N-methyl/N-ethyl adjacent to an activating group) is 1. The van der Waals surface area contributed by atoms with Gasteiger partial charge in [0.05, 0.1) is 9.40 Å². The molecular weight excluding hydrogens is 288 g/mol. The summed E-state index contributed by atoms with van der Waals surface area (Å²) in [5, 5.41) is 13.8. The topological polar surface area (TPSA) is 71.3 Å². The molecule has 0 radical (unpaired) electrons. The molecule has 0 fully saturated rings. The van der Waals surface area contributed by atoms with E-state index in [0.29, 0.717) is 15.9 Å². The summed E-state index contributed by atoms with van der Waals surface area (Å²) >= 11 is 3.32. The molecular formula is C10H15BrN4O2. The molecule has 0 amide bonds. The van der Waals surface area contributed by atoms with Crippen molar-refractivity contribution in [3.63, 3.8) is 0 Å². The first-order valence-corrected chi connectivity index (χ1v) is 5.91.